The average molecular weight is 421 g/mol. The van der Waals surface area contributed by atoms with Gasteiger partial charge in [-0.2, -0.15) is 0 Å². The maximum absolute atomic E-state index is 13.2. The Kier molecular flexibility index (Phi) is 8.02. The molecule has 0 bridgehead atoms. The van der Waals surface area contributed by atoms with Crippen LogP contribution in [-0.4, -0.2) is 35.9 Å². The van der Waals surface area contributed by atoms with Crippen molar-refractivity contribution < 1.29 is 18.7 Å². The molecular weight excluding hydrogens is 395 g/mol. The van der Waals surface area contributed by atoms with Crippen LogP contribution in [0.2, 0.25) is 5.02 Å². The molecule has 0 spiro atoms. The molecule has 0 radical (unpaired) electrons. The second-order valence-electron chi connectivity index (χ2n) is 6.88. The van der Waals surface area contributed by atoms with Gasteiger partial charge >= 0.3 is 0 Å². The quantitative estimate of drug-likeness (QED) is 0.701. The Morgan fingerprint density at radius 1 is 1.17 bits per heavy atom. The van der Waals surface area contributed by atoms with E-state index in [0.29, 0.717) is 22.9 Å². The number of halogens is 2. The van der Waals surface area contributed by atoms with Crippen molar-refractivity contribution in [1.29, 1.82) is 0 Å². The molecular formula is C22H26ClFN2O3. The Hall–Kier alpha value is -2.60. The Bertz CT molecular complexity index is 848. The third-order valence-corrected chi connectivity index (χ3v) is 5.15. The molecule has 0 aliphatic carbocycles. The smallest absolute Gasteiger partial charge is 0.261 e. The van der Waals surface area contributed by atoms with Crippen LogP contribution in [0.4, 0.5) is 4.39 Å². The Morgan fingerprint density at radius 3 is 2.31 bits per heavy atom. The van der Waals surface area contributed by atoms with Crippen LogP contribution in [0.1, 0.15) is 30.5 Å². The fourth-order valence-electron chi connectivity index (χ4n) is 2.91. The van der Waals surface area contributed by atoms with Gasteiger partial charge in [0.05, 0.1) is 0 Å². The topological polar surface area (TPSA) is 58.6 Å². The highest BCUT2D eigenvalue weighted by Gasteiger charge is 2.26. The molecule has 0 saturated carbocycles. The van der Waals surface area contributed by atoms with Crippen LogP contribution < -0.4 is 10.1 Å². The number of benzene rings is 2. The lowest BCUT2D eigenvalue weighted by molar-refractivity contribution is -0.142. The summed E-state index contributed by atoms with van der Waals surface area (Å²) in [4.78, 5) is 26.6. The first-order chi connectivity index (χ1) is 13.7. The first kappa shape index (κ1) is 22.7. The van der Waals surface area contributed by atoms with Crippen molar-refractivity contribution in [3.05, 3.63) is 63.9 Å². The van der Waals surface area contributed by atoms with Crippen molar-refractivity contribution in [2.24, 2.45) is 0 Å². The molecule has 7 heteroatoms. The van der Waals surface area contributed by atoms with E-state index in [1.54, 1.807) is 31.2 Å². The van der Waals surface area contributed by atoms with Crippen molar-refractivity contribution in [1.82, 2.24) is 10.2 Å². The van der Waals surface area contributed by atoms with E-state index in [1.165, 1.54) is 17.0 Å². The maximum atomic E-state index is 13.2. The van der Waals surface area contributed by atoms with E-state index in [-0.39, 0.29) is 30.8 Å². The number of hydrogen-bond acceptors (Lipinski definition) is 3. The lowest BCUT2D eigenvalue weighted by Crippen LogP contribution is -2.49. The number of carbonyl (C=O) groups excluding carboxylic acids is 2. The van der Waals surface area contributed by atoms with Crippen LogP contribution in [0.15, 0.2) is 36.4 Å². The molecule has 0 saturated heterocycles. The Morgan fingerprint density at radius 2 is 1.76 bits per heavy atom. The number of likely N-dealkylation sites (N-methyl/N-ethyl adjacent to an activating group) is 1. The van der Waals surface area contributed by atoms with Gasteiger partial charge in [0.15, 0.2) is 6.61 Å². The van der Waals surface area contributed by atoms with Crippen molar-refractivity contribution in [3.8, 4) is 5.75 Å². The summed E-state index contributed by atoms with van der Waals surface area (Å²) in [6.07, 6.45) is 0. The summed E-state index contributed by atoms with van der Waals surface area (Å²) in [5, 5.41) is 3.38. The number of nitrogens with one attached hydrogen (secondary N) is 1. The summed E-state index contributed by atoms with van der Waals surface area (Å²) >= 11 is 6.17. The molecule has 0 heterocycles. The van der Waals surface area contributed by atoms with E-state index in [0.717, 1.165) is 11.1 Å². The van der Waals surface area contributed by atoms with Crippen LogP contribution in [0.25, 0.3) is 0 Å². The third-order valence-electron chi connectivity index (χ3n) is 4.56. The van der Waals surface area contributed by atoms with Gasteiger partial charge in [-0.25, -0.2) is 4.39 Å². The highest BCUT2D eigenvalue weighted by Crippen LogP contribution is 2.26. The molecule has 2 aromatic carbocycles. The van der Waals surface area contributed by atoms with Crippen molar-refractivity contribution in [2.75, 3.05) is 13.2 Å². The van der Waals surface area contributed by atoms with Crippen molar-refractivity contribution >= 4 is 23.4 Å². The fourth-order valence-corrected chi connectivity index (χ4v) is 3.02. The number of ether oxygens (including phenoxy) is 1. The molecule has 1 N–H and O–H groups in total. The number of nitrogens with zero attached hydrogens (tertiary/aromatic N) is 1. The summed E-state index contributed by atoms with van der Waals surface area (Å²) < 4.78 is 18.9. The fraction of sp³-hybridized carbons (Fsp3) is 0.364. The molecule has 2 rings (SSSR count). The summed E-state index contributed by atoms with van der Waals surface area (Å²) in [7, 11) is 0. The minimum Gasteiger partial charge on any atom is -0.484 e. The molecule has 2 aromatic rings. The van der Waals surface area contributed by atoms with Crippen LogP contribution in [0, 0.1) is 19.7 Å². The molecule has 5 nitrogen and oxygen atoms in total. The predicted molar refractivity (Wildman–Crippen MR) is 112 cm³/mol. The first-order valence-electron chi connectivity index (χ1n) is 9.44. The molecule has 0 aliphatic rings. The lowest BCUT2D eigenvalue weighted by Gasteiger charge is -2.28. The van der Waals surface area contributed by atoms with E-state index in [2.05, 4.69) is 5.32 Å². The zero-order valence-electron chi connectivity index (χ0n) is 17.1. The highest BCUT2D eigenvalue weighted by molar-refractivity contribution is 6.32. The Labute approximate surface area is 175 Å². The number of rotatable bonds is 8. The zero-order chi connectivity index (χ0) is 21.6. The van der Waals surface area contributed by atoms with Crippen LogP contribution in [0.5, 0.6) is 5.75 Å². The van der Waals surface area contributed by atoms with Crippen LogP contribution in [0.3, 0.4) is 0 Å². The SMILES string of the molecule is CCNC(=O)[C@H](C)N(Cc1ccc(F)cc1)C(=O)COc1cc(C)c(Cl)c(C)c1. The van der Waals surface area contributed by atoms with Gasteiger partial charge in [0.2, 0.25) is 5.91 Å². The highest BCUT2D eigenvalue weighted by atomic mass is 35.5. The van der Waals surface area contributed by atoms with E-state index in [9.17, 15) is 14.0 Å². The third kappa shape index (κ3) is 6.19. The molecule has 0 aliphatic heterocycles. The van der Waals surface area contributed by atoms with Gasteiger partial charge < -0.3 is 15.0 Å². The Balaban J connectivity index is 2.16. The molecule has 2 amide bonds. The van der Waals surface area contributed by atoms with E-state index in [4.69, 9.17) is 16.3 Å². The summed E-state index contributed by atoms with van der Waals surface area (Å²) in [5.41, 5.74) is 2.43. The van der Waals surface area contributed by atoms with E-state index < -0.39 is 6.04 Å². The average Bonchev–Trinajstić information content (AvgIpc) is 2.69. The number of carbonyl (C=O) groups is 2. The van der Waals surface area contributed by atoms with E-state index in [1.807, 2.05) is 20.8 Å². The summed E-state index contributed by atoms with van der Waals surface area (Å²) in [5.74, 6) is -0.440. The van der Waals surface area contributed by atoms with Crippen molar-refractivity contribution in [3.63, 3.8) is 0 Å². The van der Waals surface area contributed by atoms with Gasteiger partial charge in [-0.3, -0.25) is 9.59 Å². The molecule has 0 fully saturated rings. The molecule has 156 valence electrons. The largest absolute Gasteiger partial charge is 0.484 e. The minimum absolute atomic E-state index is 0.166. The van der Waals surface area contributed by atoms with Gasteiger partial charge in [-0.05, 0) is 68.7 Å². The summed E-state index contributed by atoms with van der Waals surface area (Å²) in [6, 6.07) is 8.65. The number of hydrogen-bond donors (Lipinski definition) is 1. The minimum atomic E-state index is -0.704. The monoisotopic (exact) mass is 420 g/mol. The lowest BCUT2D eigenvalue weighted by atomic mass is 10.1. The number of aryl methyl sites for hydroxylation is 2. The summed E-state index contributed by atoms with van der Waals surface area (Å²) in [6.45, 7) is 7.59. The number of amides is 2. The van der Waals surface area contributed by atoms with Gasteiger partial charge in [0.1, 0.15) is 17.6 Å². The normalized spacial score (nSPS) is 11.7. The van der Waals surface area contributed by atoms with Gasteiger partial charge in [0, 0.05) is 18.1 Å². The van der Waals surface area contributed by atoms with E-state index >= 15 is 0 Å². The predicted octanol–water partition coefficient (Wildman–Crippen LogP) is 4.03. The van der Waals surface area contributed by atoms with Gasteiger partial charge in [0.25, 0.3) is 5.91 Å². The van der Waals surface area contributed by atoms with Gasteiger partial charge in [-0.15, -0.1) is 0 Å². The first-order valence-corrected chi connectivity index (χ1v) is 9.81. The molecule has 29 heavy (non-hydrogen) atoms. The van der Waals surface area contributed by atoms with Crippen LogP contribution >= 0.6 is 11.6 Å². The standard InChI is InChI=1S/C22H26ClFN2O3/c1-5-25-22(28)16(4)26(12-17-6-8-18(24)9-7-17)20(27)13-29-19-10-14(2)21(23)15(3)11-19/h6-11,16H,5,12-13H2,1-4H3,(H,25,28)/t16-/m0/s1. The maximum Gasteiger partial charge on any atom is 0.261 e. The van der Waals surface area contributed by atoms with Crippen LogP contribution in [-0.2, 0) is 16.1 Å². The zero-order valence-corrected chi connectivity index (χ0v) is 17.8. The second-order valence-corrected chi connectivity index (χ2v) is 7.26. The van der Waals surface area contributed by atoms with Crippen molar-refractivity contribution in [2.45, 2.75) is 40.3 Å². The van der Waals surface area contributed by atoms with Gasteiger partial charge in [-0.1, -0.05) is 23.7 Å². The molecule has 0 aromatic heterocycles. The molecule has 1 atom stereocenters. The molecule has 0 unspecified atom stereocenters. The second kappa shape index (κ2) is 10.3.